The zero-order valence-corrected chi connectivity index (χ0v) is 12.1. The number of halogens is 2. The van der Waals surface area contributed by atoms with Gasteiger partial charge in [-0.05, 0) is 17.5 Å². The van der Waals surface area contributed by atoms with Crippen LogP contribution in [0.3, 0.4) is 0 Å². The number of Topliss-reactive ketones (excluding diaryl/α,β-unsaturated/α-hetero) is 1. The Morgan fingerprint density at radius 1 is 1.41 bits per heavy atom. The first-order chi connectivity index (χ1) is 7.97. The van der Waals surface area contributed by atoms with Crippen LogP contribution >= 0.6 is 31.9 Å². The van der Waals surface area contributed by atoms with Gasteiger partial charge >= 0.3 is 0 Å². The van der Waals surface area contributed by atoms with Crippen LogP contribution in [-0.2, 0) is 4.79 Å². The lowest BCUT2D eigenvalue weighted by atomic mass is 10.0. The molecule has 0 aliphatic carbocycles. The highest BCUT2D eigenvalue weighted by Crippen LogP contribution is 2.32. The Hall–Kier alpha value is -1.01. The van der Waals surface area contributed by atoms with Crippen LogP contribution in [0.25, 0.3) is 0 Å². The molecule has 1 unspecified atom stereocenters. The number of hydrogen-bond acceptors (Lipinski definition) is 3. The quantitative estimate of drug-likeness (QED) is 0.353. The van der Waals surface area contributed by atoms with E-state index in [4.69, 9.17) is 0 Å². The van der Waals surface area contributed by atoms with E-state index in [0.717, 1.165) is 5.56 Å². The van der Waals surface area contributed by atoms with Crippen LogP contribution < -0.4 is 0 Å². The van der Waals surface area contributed by atoms with Crippen LogP contribution in [-0.4, -0.2) is 10.7 Å². The summed E-state index contributed by atoms with van der Waals surface area (Å²) < 4.78 is 0. The predicted molar refractivity (Wildman–Crippen MR) is 72.5 cm³/mol. The summed E-state index contributed by atoms with van der Waals surface area (Å²) in [5.74, 6) is -0.0675. The fourth-order valence-electron chi connectivity index (χ4n) is 1.26. The summed E-state index contributed by atoms with van der Waals surface area (Å²) >= 11 is 6.52. The standard InChI is InChI=1S/C11H9Br2NO3/c1-7(15)10(6-12)11(13)8-2-4-9(5-3-8)14(16)17/h2-6,11H,1H3/b10-6-. The van der Waals surface area contributed by atoms with E-state index in [0.29, 0.717) is 5.57 Å². The molecular formula is C11H9Br2NO3. The number of nitrogens with zero attached hydrogens (tertiary/aromatic N) is 1. The second-order valence-electron chi connectivity index (χ2n) is 3.33. The number of rotatable bonds is 4. The average Bonchev–Trinajstić information content (AvgIpc) is 2.29. The topological polar surface area (TPSA) is 60.2 Å². The second-order valence-corrected chi connectivity index (χ2v) is 4.71. The average molecular weight is 363 g/mol. The number of alkyl halides is 1. The van der Waals surface area contributed by atoms with E-state index in [-0.39, 0.29) is 16.3 Å². The Kier molecular flexibility index (Phi) is 5.02. The lowest BCUT2D eigenvalue weighted by molar-refractivity contribution is -0.384. The number of allylic oxidation sites excluding steroid dienone is 1. The molecule has 0 aliphatic heterocycles. The van der Waals surface area contributed by atoms with Crippen molar-refractivity contribution in [2.45, 2.75) is 11.8 Å². The van der Waals surface area contributed by atoms with Gasteiger partial charge < -0.3 is 0 Å². The van der Waals surface area contributed by atoms with Gasteiger partial charge in [0.1, 0.15) is 0 Å². The maximum atomic E-state index is 11.3. The van der Waals surface area contributed by atoms with Crippen molar-refractivity contribution < 1.29 is 9.72 Å². The molecule has 0 heterocycles. The van der Waals surface area contributed by atoms with Gasteiger partial charge in [-0.2, -0.15) is 0 Å². The Balaban J connectivity index is 3.01. The summed E-state index contributed by atoms with van der Waals surface area (Å²) in [7, 11) is 0. The van der Waals surface area contributed by atoms with Crippen LogP contribution in [0.1, 0.15) is 17.3 Å². The summed E-state index contributed by atoms with van der Waals surface area (Å²) in [5.41, 5.74) is 1.37. The van der Waals surface area contributed by atoms with Crippen molar-refractivity contribution >= 4 is 43.3 Å². The van der Waals surface area contributed by atoms with E-state index < -0.39 is 4.92 Å². The van der Waals surface area contributed by atoms with Gasteiger partial charge in [0.05, 0.1) is 9.75 Å². The van der Waals surface area contributed by atoms with E-state index in [1.165, 1.54) is 19.1 Å². The number of non-ortho nitro benzene ring substituents is 1. The normalized spacial score (nSPS) is 13.2. The third kappa shape index (κ3) is 3.47. The minimum Gasteiger partial charge on any atom is -0.295 e. The van der Waals surface area contributed by atoms with E-state index in [2.05, 4.69) is 31.9 Å². The predicted octanol–water partition coefficient (Wildman–Crippen LogP) is 3.90. The summed E-state index contributed by atoms with van der Waals surface area (Å²) in [6.45, 7) is 1.47. The molecule has 1 rings (SSSR count). The van der Waals surface area contributed by atoms with Crippen molar-refractivity contribution in [2.24, 2.45) is 0 Å². The number of benzene rings is 1. The summed E-state index contributed by atoms with van der Waals surface area (Å²) in [6.07, 6.45) is 0. The first kappa shape index (κ1) is 14.1. The maximum Gasteiger partial charge on any atom is 0.269 e. The smallest absolute Gasteiger partial charge is 0.269 e. The van der Waals surface area contributed by atoms with Crippen LogP contribution in [0.5, 0.6) is 0 Å². The van der Waals surface area contributed by atoms with E-state index in [1.54, 1.807) is 17.1 Å². The molecule has 0 N–H and O–H groups in total. The van der Waals surface area contributed by atoms with Gasteiger partial charge in [0.2, 0.25) is 0 Å². The highest BCUT2D eigenvalue weighted by Gasteiger charge is 2.17. The third-order valence-electron chi connectivity index (χ3n) is 2.19. The highest BCUT2D eigenvalue weighted by molar-refractivity contribution is 9.11. The molecule has 90 valence electrons. The van der Waals surface area contributed by atoms with Crippen LogP contribution in [0, 0.1) is 10.1 Å². The minimum atomic E-state index is -0.459. The van der Waals surface area contributed by atoms with Crippen LogP contribution in [0.2, 0.25) is 0 Å². The minimum absolute atomic E-state index is 0.0284. The second kappa shape index (κ2) is 6.07. The van der Waals surface area contributed by atoms with Crippen LogP contribution in [0.4, 0.5) is 5.69 Å². The third-order valence-corrected chi connectivity index (χ3v) is 3.71. The van der Waals surface area contributed by atoms with Gasteiger partial charge in [-0.1, -0.05) is 44.0 Å². The van der Waals surface area contributed by atoms with Crippen molar-refractivity contribution in [1.29, 1.82) is 0 Å². The van der Waals surface area contributed by atoms with E-state index in [1.807, 2.05) is 0 Å². The zero-order chi connectivity index (χ0) is 13.0. The monoisotopic (exact) mass is 361 g/mol. The molecule has 6 heteroatoms. The molecule has 0 radical (unpaired) electrons. The maximum absolute atomic E-state index is 11.3. The summed E-state index contributed by atoms with van der Waals surface area (Å²) in [5, 5.41) is 10.5. The van der Waals surface area contributed by atoms with Crippen LogP contribution in [0.15, 0.2) is 34.8 Å². The molecule has 0 aromatic heterocycles. The first-order valence-electron chi connectivity index (χ1n) is 4.67. The van der Waals surface area contributed by atoms with Crippen molar-refractivity contribution in [1.82, 2.24) is 0 Å². The van der Waals surface area contributed by atoms with Gasteiger partial charge in [-0.3, -0.25) is 14.9 Å². The molecule has 0 fully saturated rings. The van der Waals surface area contributed by atoms with Crippen molar-refractivity contribution in [3.8, 4) is 0 Å². The first-order valence-corrected chi connectivity index (χ1v) is 6.50. The van der Waals surface area contributed by atoms with E-state index >= 15 is 0 Å². The number of ketones is 1. The zero-order valence-electron chi connectivity index (χ0n) is 8.89. The summed E-state index contributed by atoms with van der Waals surface area (Å²) in [4.78, 5) is 22.6. The van der Waals surface area contributed by atoms with Gasteiger partial charge in [0, 0.05) is 17.7 Å². The van der Waals surface area contributed by atoms with Gasteiger partial charge in [-0.25, -0.2) is 0 Å². The Bertz CT molecular complexity index is 468. The number of carbonyl (C=O) groups is 1. The lowest BCUT2D eigenvalue weighted by Gasteiger charge is -2.11. The number of hydrogen-bond donors (Lipinski definition) is 0. The molecule has 0 amide bonds. The number of nitro benzene ring substituents is 1. The Labute approximate surface area is 115 Å². The Morgan fingerprint density at radius 2 is 1.94 bits per heavy atom. The molecule has 0 saturated heterocycles. The molecule has 0 bridgehead atoms. The molecular weight excluding hydrogens is 354 g/mol. The SMILES string of the molecule is CC(=O)/C(=C/Br)C(Br)c1ccc([N+](=O)[O-])cc1. The molecule has 0 aliphatic rings. The molecule has 1 aromatic rings. The largest absolute Gasteiger partial charge is 0.295 e. The van der Waals surface area contributed by atoms with Gasteiger partial charge in [-0.15, -0.1) is 0 Å². The van der Waals surface area contributed by atoms with Gasteiger partial charge in [0.25, 0.3) is 5.69 Å². The van der Waals surface area contributed by atoms with E-state index in [9.17, 15) is 14.9 Å². The molecule has 4 nitrogen and oxygen atoms in total. The highest BCUT2D eigenvalue weighted by atomic mass is 79.9. The molecule has 17 heavy (non-hydrogen) atoms. The molecule has 0 spiro atoms. The van der Waals surface area contributed by atoms with Crippen molar-refractivity contribution in [2.75, 3.05) is 0 Å². The number of nitro groups is 1. The molecule has 1 atom stereocenters. The number of carbonyl (C=O) groups excluding carboxylic acids is 1. The van der Waals surface area contributed by atoms with Crippen molar-refractivity contribution in [3.63, 3.8) is 0 Å². The molecule has 1 aromatic carbocycles. The summed E-state index contributed by atoms with van der Waals surface area (Å²) in [6, 6.07) is 6.07. The fraction of sp³-hybridized carbons (Fsp3) is 0.182. The van der Waals surface area contributed by atoms with Gasteiger partial charge in [0.15, 0.2) is 5.78 Å². The molecule has 0 saturated carbocycles. The lowest BCUT2D eigenvalue weighted by Crippen LogP contribution is -2.03. The Morgan fingerprint density at radius 3 is 2.29 bits per heavy atom. The van der Waals surface area contributed by atoms with Crippen molar-refractivity contribution in [3.05, 3.63) is 50.5 Å². The fourth-order valence-corrected chi connectivity index (χ4v) is 2.96.